The van der Waals surface area contributed by atoms with Crippen LogP contribution in [0.15, 0.2) is 53.4 Å². The molecule has 150 valence electrons. The molecule has 7 nitrogen and oxygen atoms in total. The molecule has 0 bridgehead atoms. The second kappa shape index (κ2) is 8.15. The highest BCUT2D eigenvalue weighted by atomic mass is 32.2. The van der Waals surface area contributed by atoms with Gasteiger partial charge < -0.3 is 14.2 Å². The van der Waals surface area contributed by atoms with E-state index in [4.69, 9.17) is 14.2 Å². The van der Waals surface area contributed by atoms with Crippen LogP contribution in [0.5, 0.6) is 11.5 Å². The van der Waals surface area contributed by atoms with Crippen molar-refractivity contribution in [3.63, 3.8) is 0 Å². The lowest BCUT2D eigenvalue weighted by atomic mass is 10.2. The molecule has 3 rings (SSSR count). The van der Waals surface area contributed by atoms with E-state index in [1.807, 2.05) is 0 Å². The van der Waals surface area contributed by atoms with E-state index >= 15 is 0 Å². The third-order valence-electron chi connectivity index (χ3n) is 4.49. The minimum atomic E-state index is -4.00. The topological polar surface area (TPSA) is 82.1 Å². The fourth-order valence-corrected chi connectivity index (χ4v) is 4.69. The molecule has 0 aromatic heterocycles. The number of methoxy groups -OCH3 is 2. The minimum Gasteiger partial charge on any atom is -0.497 e. The molecule has 0 N–H and O–H groups in total. The zero-order valence-electron chi connectivity index (χ0n) is 15.4. The van der Waals surface area contributed by atoms with Crippen molar-refractivity contribution < 1.29 is 31.8 Å². The Bertz CT molecular complexity index is 947. The van der Waals surface area contributed by atoms with Gasteiger partial charge in [-0.1, -0.05) is 12.1 Å². The summed E-state index contributed by atoms with van der Waals surface area (Å²) in [7, 11) is -1.34. The summed E-state index contributed by atoms with van der Waals surface area (Å²) in [6.45, 7) is -0.109. The Labute approximate surface area is 162 Å². The van der Waals surface area contributed by atoms with Gasteiger partial charge in [-0.15, -0.1) is 0 Å². The van der Waals surface area contributed by atoms with Gasteiger partial charge in [-0.3, -0.25) is 4.79 Å². The Balaban J connectivity index is 1.88. The van der Waals surface area contributed by atoms with Crippen LogP contribution in [0, 0.1) is 5.82 Å². The Morgan fingerprint density at radius 2 is 1.79 bits per heavy atom. The monoisotopic (exact) mass is 409 g/mol. The molecule has 2 unspecified atom stereocenters. The van der Waals surface area contributed by atoms with E-state index < -0.39 is 34.0 Å². The molecule has 2 aromatic carbocycles. The molecule has 2 aromatic rings. The number of esters is 1. The van der Waals surface area contributed by atoms with Crippen LogP contribution in [0.3, 0.4) is 0 Å². The van der Waals surface area contributed by atoms with Crippen molar-refractivity contribution in [1.29, 1.82) is 0 Å². The van der Waals surface area contributed by atoms with Crippen molar-refractivity contribution in [2.24, 2.45) is 0 Å². The zero-order chi connectivity index (χ0) is 20.3. The molecule has 0 aliphatic carbocycles. The number of sulfonamides is 1. The van der Waals surface area contributed by atoms with E-state index in [0.29, 0.717) is 5.75 Å². The quantitative estimate of drug-likeness (QED) is 0.681. The lowest BCUT2D eigenvalue weighted by Gasteiger charge is -2.21. The second-order valence-corrected chi connectivity index (χ2v) is 8.09. The first-order valence-corrected chi connectivity index (χ1v) is 9.95. The molecule has 2 atom stereocenters. The van der Waals surface area contributed by atoms with Gasteiger partial charge in [0.2, 0.25) is 10.0 Å². The van der Waals surface area contributed by atoms with Crippen LogP contribution in [0.2, 0.25) is 0 Å². The number of benzene rings is 2. The molecule has 0 saturated carbocycles. The molecule has 1 aliphatic heterocycles. The summed E-state index contributed by atoms with van der Waals surface area (Å²) >= 11 is 0. The number of carbonyl (C=O) groups excluding carboxylic acids is 1. The Morgan fingerprint density at radius 3 is 2.39 bits per heavy atom. The molecule has 1 fully saturated rings. The van der Waals surface area contributed by atoms with Gasteiger partial charge in [0.25, 0.3) is 0 Å². The highest BCUT2D eigenvalue weighted by Crippen LogP contribution is 2.31. The van der Waals surface area contributed by atoms with E-state index in [9.17, 15) is 17.6 Å². The Kier molecular flexibility index (Phi) is 5.85. The number of carbonyl (C=O) groups is 1. The number of para-hydroxylation sites is 1. The Hall–Kier alpha value is -2.65. The molecule has 1 aliphatic rings. The zero-order valence-corrected chi connectivity index (χ0v) is 16.2. The smallest absolute Gasteiger partial charge is 0.324 e. The van der Waals surface area contributed by atoms with Crippen LogP contribution in [0.4, 0.5) is 4.39 Å². The van der Waals surface area contributed by atoms with Crippen molar-refractivity contribution in [3.8, 4) is 11.5 Å². The summed E-state index contributed by atoms with van der Waals surface area (Å²) in [5.74, 6) is -0.754. The first-order valence-electron chi connectivity index (χ1n) is 8.51. The van der Waals surface area contributed by atoms with Gasteiger partial charge in [0.15, 0.2) is 11.6 Å². The minimum absolute atomic E-state index is 0.000175. The summed E-state index contributed by atoms with van der Waals surface area (Å²) in [6, 6.07) is 10.6. The third-order valence-corrected chi connectivity index (χ3v) is 6.38. The third kappa shape index (κ3) is 3.95. The fraction of sp³-hybridized carbons (Fsp3) is 0.316. The van der Waals surface area contributed by atoms with E-state index in [1.54, 1.807) is 6.07 Å². The predicted octanol–water partition coefficient (Wildman–Crippen LogP) is 2.22. The van der Waals surface area contributed by atoms with Gasteiger partial charge in [-0.2, -0.15) is 4.31 Å². The van der Waals surface area contributed by atoms with Gasteiger partial charge in [0, 0.05) is 6.42 Å². The summed E-state index contributed by atoms with van der Waals surface area (Å²) in [6.07, 6.45) is -0.648. The predicted molar refractivity (Wildman–Crippen MR) is 98.1 cm³/mol. The summed E-state index contributed by atoms with van der Waals surface area (Å²) in [5.41, 5.74) is 0. The maximum absolute atomic E-state index is 13.9. The summed E-state index contributed by atoms with van der Waals surface area (Å²) in [5, 5.41) is 0. The molecule has 9 heteroatoms. The van der Waals surface area contributed by atoms with Gasteiger partial charge in [0.05, 0.1) is 25.7 Å². The van der Waals surface area contributed by atoms with Crippen molar-refractivity contribution in [2.75, 3.05) is 20.8 Å². The van der Waals surface area contributed by atoms with Crippen LogP contribution >= 0.6 is 0 Å². The molecular formula is C19H20FNO6S. The van der Waals surface area contributed by atoms with Gasteiger partial charge >= 0.3 is 5.97 Å². The first kappa shape index (κ1) is 20.1. The highest BCUT2D eigenvalue weighted by Gasteiger charge is 2.45. The molecule has 1 saturated heterocycles. The van der Waals surface area contributed by atoms with Crippen molar-refractivity contribution in [3.05, 3.63) is 54.3 Å². The molecular weight excluding hydrogens is 389 g/mol. The molecule has 0 radical (unpaired) electrons. The maximum Gasteiger partial charge on any atom is 0.324 e. The SMILES string of the molecule is COC(=O)C1CC(Oc2ccccc2F)CN1S(=O)(=O)c1ccc(OC)cc1. The van der Waals surface area contributed by atoms with Crippen LogP contribution in [-0.2, 0) is 19.6 Å². The van der Waals surface area contributed by atoms with Crippen LogP contribution in [0.1, 0.15) is 6.42 Å². The maximum atomic E-state index is 13.9. The Morgan fingerprint density at radius 1 is 1.11 bits per heavy atom. The average Bonchev–Trinajstić information content (AvgIpc) is 3.14. The van der Waals surface area contributed by atoms with Crippen LogP contribution in [-0.4, -0.2) is 51.6 Å². The van der Waals surface area contributed by atoms with Crippen LogP contribution < -0.4 is 9.47 Å². The second-order valence-electron chi connectivity index (χ2n) is 6.20. The van der Waals surface area contributed by atoms with Crippen LogP contribution in [0.25, 0.3) is 0 Å². The number of hydrogen-bond donors (Lipinski definition) is 0. The standard InChI is InChI=1S/C19H20FNO6S/c1-25-13-7-9-15(10-8-13)28(23,24)21-12-14(11-17(21)19(22)26-2)27-18-6-4-3-5-16(18)20/h3-10,14,17H,11-12H2,1-2H3. The fourth-order valence-electron chi connectivity index (χ4n) is 3.07. The lowest BCUT2D eigenvalue weighted by molar-refractivity contribution is -0.144. The number of hydrogen-bond acceptors (Lipinski definition) is 6. The van der Waals surface area contributed by atoms with E-state index in [2.05, 4.69) is 0 Å². The molecule has 28 heavy (non-hydrogen) atoms. The van der Waals surface area contributed by atoms with E-state index in [0.717, 1.165) is 4.31 Å². The van der Waals surface area contributed by atoms with Crippen molar-refractivity contribution in [2.45, 2.75) is 23.5 Å². The lowest BCUT2D eigenvalue weighted by Crippen LogP contribution is -2.41. The number of ether oxygens (including phenoxy) is 3. The molecule has 1 heterocycles. The van der Waals surface area contributed by atoms with Gasteiger partial charge in [-0.25, -0.2) is 12.8 Å². The number of rotatable bonds is 6. The van der Waals surface area contributed by atoms with Gasteiger partial charge in [0.1, 0.15) is 17.9 Å². The molecule has 0 spiro atoms. The largest absolute Gasteiger partial charge is 0.497 e. The van der Waals surface area contributed by atoms with Crippen molar-refractivity contribution in [1.82, 2.24) is 4.31 Å². The number of nitrogens with zero attached hydrogens (tertiary/aromatic N) is 1. The van der Waals surface area contributed by atoms with Crippen molar-refractivity contribution >= 4 is 16.0 Å². The first-order chi connectivity index (χ1) is 13.4. The van der Waals surface area contributed by atoms with E-state index in [1.165, 1.54) is 56.7 Å². The molecule has 0 amide bonds. The summed E-state index contributed by atoms with van der Waals surface area (Å²) in [4.78, 5) is 12.2. The average molecular weight is 409 g/mol. The van der Waals surface area contributed by atoms with Gasteiger partial charge in [-0.05, 0) is 36.4 Å². The van der Waals surface area contributed by atoms with E-state index in [-0.39, 0.29) is 23.6 Å². The number of halogens is 1. The highest BCUT2D eigenvalue weighted by molar-refractivity contribution is 7.89. The normalized spacial score (nSPS) is 20.0. The summed E-state index contributed by atoms with van der Waals surface area (Å²) < 4.78 is 56.5.